The molecule has 16 heavy (non-hydrogen) atoms. The van der Waals surface area contributed by atoms with Gasteiger partial charge in [0, 0.05) is 7.05 Å². The molecule has 0 heterocycles. The number of aliphatic hydroxyl groups excluding tert-OH is 1. The lowest BCUT2D eigenvalue weighted by Crippen LogP contribution is -2.31. The molecule has 0 aliphatic carbocycles. The third-order valence-electron chi connectivity index (χ3n) is 2.26. The molecule has 0 fully saturated rings. The Morgan fingerprint density at radius 2 is 2.25 bits per heavy atom. The Kier molecular flexibility index (Phi) is 3.84. The lowest BCUT2D eigenvalue weighted by Gasteiger charge is -2.18. The molecule has 0 saturated heterocycles. The van der Waals surface area contributed by atoms with Crippen LogP contribution in [0.15, 0.2) is 18.2 Å². The molecule has 1 amide bonds. The van der Waals surface area contributed by atoms with Crippen molar-refractivity contribution in [2.45, 2.75) is 13.0 Å². The molecule has 0 aromatic heterocycles. The Hall–Kier alpha value is -1.62. The van der Waals surface area contributed by atoms with Gasteiger partial charge in [-0.05, 0) is 24.6 Å². The lowest BCUT2D eigenvalue weighted by molar-refractivity contribution is -0.116. The molecule has 3 N–H and O–H groups in total. The van der Waals surface area contributed by atoms with Crippen molar-refractivity contribution in [1.82, 2.24) is 0 Å². The Balaban J connectivity index is 2.94. The van der Waals surface area contributed by atoms with Crippen molar-refractivity contribution in [3.63, 3.8) is 0 Å². The maximum atomic E-state index is 13.6. The van der Waals surface area contributed by atoms with Gasteiger partial charge >= 0.3 is 0 Å². The summed E-state index contributed by atoms with van der Waals surface area (Å²) >= 11 is 0. The molecule has 1 aromatic rings. The quantitative estimate of drug-likeness (QED) is 0.798. The van der Waals surface area contributed by atoms with Crippen LogP contribution in [0.4, 0.5) is 10.1 Å². The van der Waals surface area contributed by atoms with E-state index in [0.29, 0.717) is 5.56 Å². The highest BCUT2D eigenvalue weighted by molar-refractivity contribution is 5.79. The first-order chi connectivity index (χ1) is 7.41. The summed E-state index contributed by atoms with van der Waals surface area (Å²) in [6, 6.07) is 4.37. The number of nitrogens with two attached hydrogens (primary N) is 1. The van der Waals surface area contributed by atoms with Crippen LogP contribution in [0.2, 0.25) is 0 Å². The Morgan fingerprint density at radius 3 is 2.69 bits per heavy atom. The van der Waals surface area contributed by atoms with Gasteiger partial charge in [0.2, 0.25) is 5.91 Å². The number of carbonyl (C=O) groups is 1. The number of anilines is 1. The minimum atomic E-state index is -0.718. The van der Waals surface area contributed by atoms with Crippen LogP contribution < -0.4 is 10.6 Å². The van der Waals surface area contributed by atoms with Gasteiger partial charge in [0.15, 0.2) is 0 Å². The zero-order chi connectivity index (χ0) is 12.3. The molecule has 88 valence electrons. The number of primary amides is 1. The number of halogens is 1. The average Bonchev–Trinajstić information content (AvgIpc) is 2.15. The number of aliphatic hydroxyl groups is 1. The fourth-order valence-corrected chi connectivity index (χ4v) is 1.41. The van der Waals surface area contributed by atoms with E-state index in [9.17, 15) is 14.3 Å². The standard InChI is InChI=1S/C11H15FN2O2/c1-7(15)8-3-4-10(9(12)5-8)14(2)6-11(13)16/h3-5,7,15H,6H2,1-2H3,(H2,13,16)/t7-/m0/s1. The molecule has 1 rings (SSSR count). The maximum absolute atomic E-state index is 13.6. The SMILES string of the molecule is C[C@H](O)c1ccc(N(C)CC(N)=O)c(F)c1. The maximum Gasteiger partial charge on any atom is 0.236 e. The molecule has 0 saturated carbocycles. The predicted octanol–water partition coefficient (Wildman–Crippen LogP) is 0.801. The van der Waals surface area contributed by atoms with Crippen LogP contribution in [0.3, 0.4) is 0 Å². The highest BCUT2D eigenvalue weighted by atomic mass is 19.1. The van der Waals surface area contributed by atoms with E-state index in [4.69, 9.17) is 5.73 Å². The second kappa shape index (κ2) is 4.94. The molecule has 1 aromatic carbocycles. The van der Waals surface area contributed by atoms with Crippen LogP contribution in [0.5, 0.6) is 0 Å². The molecule has 0 aliphatic heterocycles. The summed E-state index contributed by atoms with van der Waals surface area (Å²) in [5.74, 6) is -1.01. The Labute approximate surface area is 93.5 Å². The van der Waals surface area contributed by atoms with Gasteiger partial charge in [-0.1, -0.05) is 6.07 Å². The van der Waals surface area contributed by atoms with Gasteiger partial charge in [-0.15, -0.1) is 0 Å². The Bertz CT molecular complexity index is 394. The van der Waals surface area contributed by atoms with Crippen molar-refractivity contribution in [3.8, 4) is 0 Å². The molecule has 0 bridgehead atoms. The van der Waals surface area contributed by atoms with E-state index in [0.717, 1.165) is 0 Å². The van der Waals surface area contributed by atoms with Crippen LogP contribution >= 0.6 is 0 Å². The third-order valence-corrected chi connectivity index (χ3v) is 2.26. The summed E-state index contributed by atoms with van der Waals surface area (Å²) in [6.45, 7) is 1.51. The van der Waals surface area contributed by atoms with Crippen molar-refractivity contribution in [2.24, 2.45) is 5.73 Å². The number of rotatable bonds is 4. The molecular weight excluding hydrogens is 211 g/mol. The van der Waals surface area contributed by atoms with Crippen molar-refractivity contribution < 1.29 is 14.3 Å². The fourth-order valence-electron chi connectivity index (χ4n) is 1.41. The molecule has 1 atom stereocenters. The summed E-state index contributed by atoms with van der Waals surface area (Å²) in [5, 5.41) is 9.27. The van der Waals surface area contributed by atoms with Crippen LogP contribution in [-0.2, 0) is 4.79 Å². The number of carbonyl (C=O) groups excluding carboxylic acids is 1. The highest BCUT2D eigenvalue weighted by Crippen LogP contribution is 2.22. The van der Waals surface area contributed by atoms with E-state index in [1.165, 1.54) is 17.0 Å². The largest absolute Gasteiger partial charge is 0.389 e. The minimum absolute atomic E-state index is 0.0506. The zero-order valence-electron chi connectivity index (χ0n) is 9.27. The third kappa shape index (κ3) is 2.93. The average molecular weight is 226 g/mol. The number of hydrogen-bond donors (Lipinski definition) is 2. The monoisotopic (exact) mass is 226 g/mol. The molecule has 0 unspecified atom stereocenters. The van der Waals surface area contributed by atoms with Gasteiger partial charge in [0.05, 0.1) is 18.3 Å². The second-order valence-electron chi connectivity index (χ2n) is 3.71. The number of likely N-dealkylation sites (N-methyl/N-ethyl adjacent to an activating group) is 1. The van der Waals surface area contributed by atoms with Crippen LogP contribution in [0, 0.1) is 5.82 Å². The Morgan fingerprint density at radius 1 is 1.62 bits per heavy atom. The van der Waals surface area contributed by atoms with Crippen LogP contribution in [0.25, 0.3) is 0 Å². The van der Waals surface area contributed by atoms with Gasteiger partial charge < -0.3 is 15.7 Å². The van der Waals surface area contributed by atoms with Gasteiger partial charge in [-0.25, -0.2) is 4.39 Å². The van der Waals surface area contributed by atoms with Crippen molar-refractivity contribution in [1.29, 1.82) is 0 Å². The van der Waals surface area contributed by atoms with E-state index in [2.05, 4.69) is 0 Å². The summed E-state index contributed by atoms with van der Waals surface area (Å²) in [4.78, 5) is 12.1. The summed E-state index contributed by atoms with van der Waals surface area (Å²) in [5.41, 5.74) is 5.79. The zero-order valence-corrected chi connectivity index (χ0v) is 9.27. The van der Waals surface area contributed by atoms with E-state index in [1.807, 2.05) is 0 Å². The highest BCUT2D eigenvalue weighted by Gasteiger charge is 2.11. The number of benzene rings is 1. The topological polar surface area (TPSA) is 66.6 Å². The van der Waals surface area contributed by atoms with E-state index < -0.39 is 17.8 Å². The van der Waals surface area contributed by atoms with Gasteiger partial charge in [-0.2, -0.15) is 0 Å². The summed E-state index contributed by atoms with van der Waals surface area (Å²) in [6.07, 6.45) is -0.718. The molecule has 0 aliphatic rings. The summed E-state index contributed by atoms with van der Waals surface area (Å²) < 4.78 is 13.6. The first kappa shape index (κ1) is 12.4. The molecule has 4 nitrogen and oxygen atoms in total. The smallest absolute Gasteiger partial charge is 0.236 e. The molecule has 5 heteroatoms. The molecular formula is C11H15FN2O2. The predicted molar refractivity (Wildman–Crippen MR) is 59.5 cm³/mol. The minimum Gasteiger partial charge on any atom is -0.389 e. The number of nitrogens with zero attached hydrogens (tertiary/aromatic N) is 1. The van der Waals surface area contributed by atoms with Gasteiger partial charge in [0.1, 0.15) is 5.82 Å². The second-order valence-corrected chi connectivity index (χ2v) is 3.71. The molecule has 0 spiro atoms. The normalized spacial score (nSPS) is 12.2. The first-order valence-corrected chi connectivity index (χ1v) is 4.88. The van der Waals surface area contributed by atoms with Crippen molar-refractivity contribution in [3.05, 3.63) is 29.6 Å². The van der Waals surface area contributed by atoms with E-state index in [1.54, 1.807) is 20.0 Å². The van der Waals surface area contributed by atoms with Crippen LogP contribution in [-0.4, -0.2) is 24.6 Å². The van der Waals surface area contributed by atoms with E-state index in [-0.39, 0.29) is 12.2 Å². The fraction of sp³-hybridized carbons (Fsp3) is 0.364. The van der Waals surface area contributed by atoms with Gasteiger partial charge in [0.25, 0.3) is 0 Å². The van der Waals surface area contributed by atoms with Crippen molar-refractivity contribution in [2.75, 3.05) is 18.5 Å². The van der Waals surface area contributed by atoms with Crippen molar-refractivity contribution >= 4 is 11.6 Å². The number of amides is 1. The molecule has 0 radical (unpaired) electrons. The lowest BCUT2D eigenvalue weighted by atomic mass is 10.1. The summed E-state index contributed by atoms with van der Waals surface area (Å²) in [7, 11) is 1.57. The van der Waals surface area contributed by atoms with E-state index >= 15 is 0 Å². The number of hydrogen-bond acceptors (Lipinski definition) is 3. The first-order valence-electron chi connectivity index (χ1n) is 4.88. The van der Waals surface area contributed by atoms with Crippen LogP contribution in [0.1, 0.15) is 18.6 Å². The van der Waals surface area contributed by atoms with Gasteiger partial charge in [-0.3, -0.25) is 4.79 Å².